The van der Waals surface area contributed by atoms with Crippen molar-refractivity contribution in [1.82, 2.24) is 0 Å². The molecule has 1 N–H and O–H groups in total. The number of aromatic carboxylic acids is 1. The molecule has 0 spiro atoms. The van der Waals surface area contributed by atoms with Crippen molar-refractivity contribution in [1.29, 1.82) is 0 Å². The number of rotatable bonds is 6. The summed E-state index contributed by atoms with van der Waals surface area (Å²) in [5.74, 6) is -4.16. The minimum absolute atomic E-state index is 0.0249. The van der Waals surface area contributed by atoms with Gasteiger partial charge in [-0.15, -0.1) is 0 Å². The van der Waals surface area contributed by atoms with Gasteiger partial charge in [0.25, 0.3) is 5.91 Å². The van der Waals surface area contributed by atoms with Crippen LogP contribution in [0, 0.1) is 5.92 Å². The highest BCUT2D eigenvalue weighted by atomic mass is 35.5. The summed E-state index contributed by atoms with van der Waals surface area (Å²) >= 11 is 6.42. The lowest BCUT2D eigenvalue weighted by Crippen LogP contribution is -2.30. The second-order valence-corrected chi connectivity index (χ2v) is 7.84. The van der Waals surface area contributed by atoms with Crippen LogP contribution in [0.15, 0.2) is 72.8 Å². The Kier molecular flexibility index (Phi) is 5.98. The van der Waals surface area contributed by atoms with E-state index in [-0.39, 0.29) is 16.8 Å². The van der Waals surface area contributed by atoms with Crippen molar-refractivity contribution in [3.8, 4) is 5.75 Å². The molecule has 0 aromatic heterocycles. The van der Waals surface area contributed by atoms with Gasteiger partial charge in [0.2, 0.25) is 5.78 Å². The molecule has 8 heteroatoms. The number of Topliss-reactive ketones (excluding diaryl/α,β-unsaturated/α-hetero) is 2. The molecule has 1 heterocycles. The molecule has 0 bridgehead atoms. The highest BCUT2D eigenvalue weighted by molar-refractivity contribution is 6.49. The summed E-state index contributed by atoms with van der Waals surface area (Å²) < 4.78 is 5.12. The molecule has 1 saturated heterocycles. The summed E-state index contributed by atoms with van der Waals surface area (Å²) in [6.07, 6.45) is 0. The fourth-order valence-corrected chi connectivity index (χ4v) is 4.19. The van der Waals surface area contributed by atoms with Gasteiger partial charge >= 0.3 is 5.97 Å². The van der Waals surface area contributed by atoms with E-state index in [4.69, 9.17) is 16.3 Å². The minimum atomic E-state index is -1.33. The number of nitrogens with zero attached hydrogens (tertiary/aromatic N) is 1. The van der Waals surface area contributed by atoms with Gasteiger partial charge in [-0.3, -0.25) is 19.3 Å². The second-order valence-electron chi connectivity index (χ2n) is 7.43. The van der Waals surface area contributed by atoms with Crippen LogP contribution in [0.25, 0.3) is 0 Å². The number of hydrogen-bond acceptors (Lipinski definition) is 5. The number of amides is 1. The first-order chi connectivity index (χ1) is 15.8. The number of carbonyl (C=O) groups excluding carboxylic acids is 3. The van der Waals surface area contributed by atoms with Crippen molar-refractivity contribution in [2.24, 2.45) is 5.92 Å². The van der Waals surface area contributed by atoms with E-state index in [1.165, 1.54) is 48.4 Å². The number of hydrogen-bond donors (Lipinski definition) is 1. The van der Waals surface area contributed by atoms with Crippen LogP contribution in [0.1, 0.15) is 32.3 Å². The predicted molar refractivity (Wildman–Crippen MR) is 121 cm³/mol. The van der Waals surface area contributed by atoms with E-state index < -0.39 is 35.4 Å². The van der Waals surface area contributed by atoms with Crippen LogP contribution in [0.2, 0.25) is 5.02 Å². The van der Waals surface area contributed by atoms with Crippen LogP contribution in [-0.2, 0) is 9.59 Å². The summed E-state index contributed by atoms with van der Waals surface area (Å²) in [6.45, 7) is 0. The van der Waals surface area contributed by atoms with Gasteiger partial charge in [0, 0.05) is 16.3 Å². The number of halogens is 1. The Balaban J connectivity index is 1.83. The Morgan fingerprint density at radius 1 is 0.909 bits per heavy atom. The molecule has 2 atom stereocenters. The maximum absolute atomic E-state index is 13.5. The number of benzene rings is 3. The molecule has 3 aromatic carbocycles. The molecule has 7 nitrogen and oxygen atoms in total. The average Bonchev–Trinajstić information content (AvgIpc) is 3.09. The molecule has 1 aliphatic rings. The first-order valence-electron chi connectivity index (χ1n) is 9.97. The van der Waals surface area contributed by atoms with Gasteiger partial charge in [0.1, 0.15) is 11.7 Å². The largest absolute Gasteiger partial charge is 0.497 e. The van der Waals surface area contributed by atoms with E-state index in [1.807, 2.05) is 0 Å². The Labute approximate surface area is 194 Å². The van der Waals surface area contributed by atoms with Gasteiger partial charge in [-0.1, -0.05) is 29.8 Å². The zero-order valence-electron chi connectivity index (χ0n) is 17.4. The molecule has 3 aromatic rings. The maximum Gasteiger partial charge on any atom is 0.335 e. The smallest absolute Gasteiger partial charge is 0.335 e. The fourth-order valence-electron chi connectivity index (χ4n) is 3.94. The van der Waals surface area contributed by atoms with Gasteiger partial charge in [-0.25, -0.2) is 4.79 Å². The molecule has 1 aliphatic heterocycles. The molecule has 2 unspecified atom stereocenters. The molecule has 0 saturated carbocycles. The Morgan fingerprint density at radius 3 is 2.09 bits per heavy atom. The zero-order valence-corrected chi connectivity index (χ0v) is 18.2. The lowest BCUT2D eigenvalue weighted by molar-refractivity contribution is -0.135. The number of carboxylic acid groups (broad SMARTS) is 1. The number of carboxylic acids is 1. The van der Waals surface area contributed by atoms with E-state index in [9.17, 15) is 24.3 Å². The molecular formula is C25H18ClNO6. The standard InChI is InChI=1S/C25H18ClNO6/c1-33-17-12-8-14(9-13-17)22(28)20-21(18-4-2-3-5-19(18)26)27(24(30)23(20)29)16-10-6-15(7-11-16)25(31)32/h2-13,20-21H,1H3,(H,31,32). The van der Waals surface area contributed by atoms with Crippen LogP contribution in [0.5, 0.6) is 5.75 Å². The van der Waals surface area contributed by atoms with Crippen molar-refractivity contribution in [2.75, 3.05) is 12.0 Å². The highest BCUT2D eigenvalue weighted by Crippen LogP contribution is 2.43. The molecule has 1 fully saturated rings. The molecule has 0 radical (unpaired) electrons. The average molecular weight is 464 g/mol. The van der Waals surface area contributed by atoms with E-state index in [1.54, 1.807) is 36.4 Å². The first-order valence-corrected chi connectivity index (χ1v) is 10.3. The quantitative estimate of drug-likeness (QED) is 0.334. The number of methoxy groups -OCH3 is 1. The van der Waals surface area contributed by atoms with E-state index in [2.05, 4.69) is 0 Å². The first kappa shape index (κ1) is 22.2. The molecule has 0 aliphatic carbocycles. The van der Waals surface area contributed by atoms with E-state index in [0.717, 1.165) is 0 Å². The Bertz CT molecular complexity index is 1250. The van der Waals surface area contributed by atoms with Gasteiger partial charge in [0.05, 0.1) is 18.7 Å². The molecule has 33 heavy (non-hydrogen) atoms. The minimum Gasteiger partial charge on any atom is -0.497 e. The summed E-state index contributed by atoms with van der Waals surface area (Å²) in [5.41, 5.74) is 1.000. The monoisotopic (exact) mass is 463 g/mol. The summed E-state index contributed by atoms with van der Waals surface area (Å²) in [6, 6.07) is 17.5. The maximum atomic E-state index is 13.5. The summed E-state index contributed by atoms with van der Waals surface area (Å²) in [5, 5.41) is 9.47. The fraction of sp³-hybridized carbons (Fsp3) is 0.120. The second kappa shape index (κ2) is 8.88. The number of anilines is 1. The SMILES string of the molecule is COc1ccc(C(=O)C2C(=O)C(=O)N(c3ccc(C(=O)O)cc3)C2c2ccccc2Cl)cc1. The van der Waals surface area contributed by atoms with Crippen molar-refractivity contribution >= 4 is 40.7 Å². The Morgan fingerprint density at radius 2 is 1.52 bits per heavy atom. The van der Waals surface area contributed by atoms with Crippen molar-refractivity contribution in [3.05, 3.63) is 94.5 Å². The normalized spacial score (nSPS) is 17.8. The van der Waals surface area contributed by atoms with Gasteiger partial charge in [-0.2, -0.15) is 0 Å². The predicted octanol–water partition coefficient (Wildman–Crippen LogP) is 4.20. The molecular weight excluding hydrogens is 446 g/mol. The Hall–Kier alpha value is -3.97. The van der Waals surface area contributed by atoms with Crippen LogP contribution >= 0.6 is 11.6 Å². The van der Waals surface area contributed by atoms with Crippen molar-refractivity contribution in [2.45, 2.75) is 6.04 Å². The third kappa shape index (κ3) is 3.99. The molecule has 1 amide bonds. The third-order valence-electron chi connectivity index (χ3n) is 5.58. The lowest BCUT2D eigenvalue weighted by atomic mass is 9.86. The van der Waals surface area contributed by atoms with Crippen molar-refractivity contribution in [3.63, 3.8) is 0 Å². The topological polar surface area (TPSA) is 101 Å². The van der Waals surface area contributed by atoms with Crippen LogP contribution < -0.4 is 9.64 Å². The van der Waals surface area contributed by atoms with Crippen LogP contribution in [0.3, 0.4) is 0 Å². The molecule has 4 rings (SSSR count). The number of ether oxygens (including phenoxy) is 1. The highest BCUT2D eigenvalue weighted by Gasteiger charge is 2.52. The lowest BCUT2D eigenvalue weighted by Gasteiger charge is -2.28. The molecule has 166 valence electrons. The zero-order chi connectivity index (χ0) is 23.7. The van der Waals surface area contributed by atoms with Gasteiger partial charge in [0.15, 0.2) is 5.78 Å². The van der Waals surface area contributed by atoms with E-state index in [0.29, 0.717) is 16.3 Å². The van der Waals surface area contributed by atoms with Crippen LogP contribution in [-0.4, -0.2) is 35.7 Å². The summed E-state index contributed by atoms with van der Waals surface area (Å²) in [4.78, 5) is 52.1. The number of ketones is 2. The van der Waals surface area contributed by atoms with Gasteiger partial charge in [-0.05, 0) is 60.2 Å². The number of carbonyl (C=O) groups is 4. The summed E-state index contributed by atoms with van der Waals surface area (Å²) in [7, 11) is 1.50. The van der Waals surface area contributed by atoms with E-state index >= 15 is 0 Å². The van der Waals surface area contributed by atoms with Crippen molar-refractivity contribution < 1.29 is 29.0 Å². The van der Waals surface area contributed by atoms with Crippen LogP contribution in [0.4, 0.5) is 5.69 Å². The third-order valence-corrected chi connectivity index (χ3v) is 5.92. The van der Waals surface area contributed by atoms with Gasteiger partial charge < -0.3 is 9.84 Å².